The molecule has 1 fully saturated rings. The molecule has 0 atom stereocenters. The van der Waals surface area contributed by atoms with Crippen LogP contribution in [0.25, 0.3) is 0 Å². The van der Waals surface area contributed by atoms with Crippen LogP contribution in [0.3, 0.4) is 0 Å². The van der Waals surface area contributed by atoms with Gasteiger partial charge in [0, 0.05) is 13.1 Å². The predicted octanol–water partition coefficient (Wildman–Crippen LogP) is 2.79. The number of benzene rings is 1. The summed E-state index contributed by atoms with van der Waals surface area (Å²) in [5.41, 5.74) is 2.94. The van der Waals surface area contributed by atoms with Gasteiger partial charge in [0.05, 0.1) is 23.4 Å². The van der Waals surface area contributed by atoms with Crippen LogP contribution in [0.4, 0.5) is 0 Å². The number of rotatable bonds is 3. The SMILES string of the molecule is CC(C)c1ccc(S(=O)(=O)N2CCC3(CC2)OCCc2cn[nH]c23)cc1. The van der Waals surface area contributed by atoms with Gasteiger partial charge in [0.15, 0.2) is 0 Å². The van der Waals surface area contributed by atoms with Crippen molar-refractivity contribution in [2.24, 2.45) is 0 Å². The molecule has 7 heteroatoms. The Bertz CT molecular complexity index is 879. The van der Waals surface area contributed by atoms with E-state index in [-0.39, 0.29) is 0 Å². The van der Waals surface area contributed by atoms with Crippen LogP contribution in [0.2, 0.25) is 0 Å². The molecule has 6 nitrogen and oxygen atoms in total. The molecule has 1 aromatic heterocycles. The molecule has 2 aromatic rings. The van der Waals surface area contributed by atoms with Crippen molar-refractivity contribution in [1.82, 2.24) is 14.5 Å². The van der Waals surface area contributed by atoms with Gasteiger partial charge in [-0.25, -0.2) is 8.42 Å². The lowest BCUT2D eigenvalue weighted by atomic mass is 9.84. The average molecular weight is 375 g/mol. The van der Waals surface area contributed by atoms with E-state index in [2.05, 4.69) is 24.0 Å². The van der Waals surface area contributed by atoms with Crippen molar-refractivity contribution in [3.63, 3.8) is 0 Å². The van der Waals surface area contributed by atoms with Crippen molar-refractivity contribution in [2.75, 3.05) is 19.7 Å². The summed E-state index contributed by atoms with van der Waals surface area (Å²) in [6.07, 6.45) is 4.01. The second-order valence-electron chi connectivity index (χ2n) is 7.49. The monoisotopic (exact) mass is 375 g/mol. The molecule has 0 amide bonds. The molecule has 1 N–H and O–H groups in total. The van der Waals surface area contributed by atoms with Gasteiger partial charge in [0.1, 0.15) is 5.60 Å². The van der Waals surface area contributed by atoms with Crippen molar-refractivity contribution in [3.8, 4) is 0 Å². The third-order valence-electron chi connectivity index (χ3n) is 5.64. The minimum Gasteiger partial charge on any atom is -0.368 e. The first kappa shape index (κ1) is 17.7. The predicted molar refractivity (Wildman–Crippen MR) is 98.4 cm³/mol. The summed E-state index contributed by atoms with van der Waals surface area (Å²) in [6.45, 7) is 5.76. The fourth-order valence-electron chi connectivity index (χ4n) is 3.98. The third kappa shape index (κ3) is 2.88. The highest BCUT2D eigenvalue weighted by molar-refractivity contribution is 7.89. The number of aromatic nitrogens is 2. The van der Waals surface area contributed by atoms with Crippen LogP contribution in [0.1, 0.15) is 49.4 Å². The van der Waals surface area contributed by atoms with E-state index in [0.717, 1.165) is 17.7 Å². The number of sulfonamides is 1. The second kappa shape index (κ2) is 6.48. The zero-order chi connectivity index (χ0) is 18.4. The molecule has 0 unspecified atom stereocenters. The lowest BCUT2D eigenvalue weighted by Gasteiger charge is -2.42. The number of fused-ring (bicyclic) bond motifs is 2. The number of nitrogens with zero attached hydrogens (tertiary/aromatic N) is 2. The Morgan fingerprint density at radius 3 is 2.54 bits per heavy atom. The lowest BCUT2D eigenvalue weighted by molar-refractivity contribution is -0.0920. The largest absolute Gasteiger partial charge is 0.368 e. The van der Waals surface area contributed by atoms with E-state index < -0.39 is 15.6 Å². The van der Waals surface area contributed by atoms with Crippen LogP contribution < -0.4 is 0 Å². The minimum atomic E-state index is -3.47. The summed E-state index contributed by atoms with van der Waals surface area (Å²) in [4.78, 5) is 0.365. The highest BCUT2D eigenvalue weighted by Crippen LogP contribution is 2.41. The van der Waals surface area contributed by atoms with E-state index in [4.69, 9.17) is 4.74 Å². The number of aromatic amines is 1. The summed E-state index contributed by atoms with van der Waals surface area (Å²) < 4.78 is 33.7. The first-order valence-electron chi connectivity index (χ1n) is 9.19. The van der Waals surface area contributed by atoms with Gasteiger partial charge in [-0.1, -0.05) is 26.0 Å². The van der Waals surface area contributed by atoms with Crippen LogP contribution in [0, 0.1) is 0 Å². The Labute approximate surface area is 154 Å². The maximum Gasteiger partial charge on any atom is 0.243 e. The highest BCUT2D eigenvalue weighted by atomic mass is 32.2. The van der Waals surface area contributed by atoms with Gasteiger partial charge in [0.25, 0.3) is 0 Å². The fraction of sp³-hybridized carbons (Fsp3) is 0.526. The summed E-state index contributed by atoms with van der Waals surface area (Å²) in [5, 5.41) is 7.23. The van der Waals surface area contributed by atoms with Gasteiger partial charge >= 0.3 is 0 Å². The van der Waals surface area contributed by atoms with Crippen LogP contribution >= 0.6 is 0 Å². The van der Waals surface area contributed by atoms with Gasteiger partial charge in [0.2, 0.25) is 10.0 Å². The van der Waals surface area contributed by atoms with E-state index in [0.29, 0.717) is 43.4 Å². The van der Waals surface area contributed by atoms with Gasteiger partial charge in [-0.3, -0.25) is 5.10 Å². The molecule has 1 aromatic carbocycles. The smallest absolute Gasteiger partial charge is 0.243 e. The Hall–Kier alpha value is -1.70. The molecule has 1 spiro atoms. The molecule has 2 aliphatic rings. The van der Waals surface area contributed by atoms with Crippen molar-refractivity contribution >= 4 is 10.0 Å². The summed E-state index contributed by atoms with van der Waals surface area (Å²) in [7, 11) is -3.47. The normalized spacial score (nSPS) is 20.4. The molecule has 3 heterocycles. The molecule has 0 saturated carbocycles. The molecule has 2 aliphatic heterocycles. The third-order valence-corrected chi connectivity index (χ3v) is 7.55. The highest BCUT2D eigenvalue weighted by Gasteiger charge is 2.44. The van der Waals surface area contributed by atoms with Crippen LogP contribution in [-0.2, 0) is 26.8 Å². The quantitative estimate of drug-likeness (QED) is 0.895. The number of ether oxygens (including phenoxy) is 1. The molecule has 26 heavy (non-hydrogen) atoms. The van der Waals surface area contributed by atoms with Gasteiger partial charge < -0.3 is 4.74 Å². The van der Waals surface area contributed by atoms with E-state index in [1.807, 2.05) is 18.3 Å². The fourth-order valence-corrected chi connectivity index (χ4v) is 5.42. The number of nitrogens with one attached hydrogen (secondary N) is 1. The molecule has 0 radical (unpaired) electrons. The average Bonchev–Trinajstić information content (AvgIpc) is 3.13. The number of hydrogen-bond donors (Lipinski definition) is 1. The zero-order valence-electron chi connectivity index (χ0n) is 15.2. The molecule has 0 bridgehead atoms. The molecule has 140 valence electrons. The van der Waals surface area contributed by atoms with E-state index in [1.165, 1.54) is 5.56 Å². The Kier molecular flexibility index (Phi) is 4.41. The molecule has 0 aliphatic carbocycles. The molecular formula is C19H25N3O3S. The first-order valence-corrected chi connectivity index (χ1v) is 10.6. The van der Waals surface area contributed by atoms with Crippen LogP contribution in [0.5, 0.6) is 0 Å². The molecular weight excluding hydrogens is 350 g/mol. The van der Waals surface area contributed by atoms with E-state index in [1.54, 1.807) is 16.4 Å². The van der Waals surface area contributed by atoms with Gasteiger partial charge in [-0.05, 0) is 48.4 Å². The van der Waals surface area contributed by atoms with Crippen molar-refractivity contribution in [1.29, 1.82) is 0 Å². The first-order chi connectivity index (χ1) is 12.4. The standard InChI is InChI=1S/C19H25N3O3S/c1-14(2)15-3-5-17(6-4-15)26(23,24)22-10-8-19(9-11-22)18-16(7-12-25-19)13-20-21-18/h3-6,13-14H,7-12H2,1-2H3,(H,20,21). The summed E-state index contributed by atoms with van der Waals surface area (Å²) in [6, 6.07) is 7.26. The Morgan fingerprint density at radius 1 is 1.19 bits per heavy atom. The molecule has 4 rings (SSSR count). The Morgan fingerprint density at radius 2 is 1.88 bits per heavy atom. The van der Waals surface area contributed by atoms with Crippen LogP contribution in [0.15, 0.2) is 35.4 Å². The number of H-pyrrole nitrogens is 1. The summed E-state index contributed by atoms with van der Waals surface area (Å²) >= 11 is 0. The van der Waals surface area contributed by atoms with Crippen molar-refractivity contribution < 1.29 is 13.2 Å². The van der Waals surface area contributed by atoms with Crippen molar-refractivity contribution in [2.45, 2.75) is 49.5 Å². The minimum absolute atomic E-state index is 0.365. The zero-order valence-corrected chi connectivity index (χ0v) is 16.1. The van der Waals surface area contributed by atoms with Crippen LogP contribution in [-0.4, -0.2) is 42.6 Å². The van der Waals surface area contributed by atoms with Crippen molar-refractivity contribution in [3.05, 3.63) is 47.3 Å². The molecule has 1 saturated heterocycles. The maximum absolute atomic E-state index is 13.0. The number of piperidine rings is 1. The second-order valence-corrected chi connectivity index (χ2v) is 9.43. The number of hydrogen-bond acceptors (Lipinski definition) is 4. The lowest BCUT2D eigenvalue weighted by Crippen LogP contribution is -2.48. The van der Waals surface area contributed by atoms with Gasteiger partial charge in [-0.15, -0.1) is 0 Å². The van der Waals surface area contributed by atoms with E-state index in [9.17, 15) is 8.42 Å². The van der Waals surface area contributed by atoms with E-state index >= 15 is 0 Å². The van der Waals surface area contributed by atoms with Gasteiger partial charge in [-0.2, -0.15) is 9.40 Å². The topological polar surface area (TPSA) is 75.3 Å². The Balaban J connectivity index is 1.53. The maximum atomic E-state index is 13.0. The summed E-state index contributed by atoms with van der Waals surface area (Å²) in [5.74, 6) is 0.383.